The monoisotopic (exact) mass is 364 g/mol. The Kier molecular flexibility index (Phi) is 5.12. The number of Topliss-reactive ketones (excluding diaryl/α,β-unsaturated/α-hetero) is 1. The van der Waals surface area contributed by atoms with Crippen molar-refractivity contribution in [1.29, 1.82) is 0 Å². The van der Waals surface area contributed by atoms with Crippen LogP contribution in [0.15, 0.2) is 24.3 Å². The molecule has 1 aliphatic carbocycles. The smallest absolute Gasteiger partial charge is 0.334 e. The number of hydrogen-bond donors (Lipinski definition) is 1. The van der Waals surface area contributed by atoms with Gasteiger partial charge in [-0.25, -0.2) is 9.68 Å². The van der Waals surface area contributed by atoms with E-state index in [-0.39, 0.29) is 29.3 Å². The van der Waals surface area contributed by atoms with Crippen molar-refractivity contribution in [3.63, 3.8) is 0 Å². The van der Waals surface area contributed by atoms with Crippen LogP contribution in [0.5, 0.6) is 0 Å². The fourth-order valence-corrected chi connectivity index (χ4v) is 4.01. The highest BCUT2D eigenvalue weighted by molar-refractivity contribution is 5.98. The van der Waals surface area contributed by atoms with Crippen LogP contribution in [0.25, 0.3) is 0 Å². The van der Waals surface area contributed by atoms with Gasteiger partial charge in [0.05, 0.1) is 11.7 Å². The Morgan fingerprint density at radius 3 is 2.77 bits per heavy atom. The van der Waals surface area contributed by atoms with Gasteiger partial charge in [0.2, 0.25) is 0 Å². The van der Waals surface area contributed by atoms with Gasteiger partial charge in [-0.15, -0.1) is 0 Å². The normalized spacial score (nSPS) is 45.3. The molecule has 144 valence electrons. The predicted octanol–water partition coefficient (Wildman–Crippen LogP) is 3.22. The van der Waals surface area contributed by atoms with E-state index in [1.54, 1.807) is 0 Å². The number of hydrogen-bond acceptors (Lipinski definition) is 6. The summed E-state index contributed by atoms with van der Waals surface area (Å²) in [5, 5.41) is 9.28. The van der Waals surface area contributed by atoms with Crippen LogP contribution in [0.2, 0.25) is 0 Å². The van der Waals surface area contributed by atoms with E-state index < -0.39 is 17.7 Å². The van der Waals surface area contributed by atoms with Gasteiger partial charge in [-0.2, -0.15) is 0 Å². The van der Waals surface area contributed by atoms with Gasteiger partial charge < -0.3 is 9.47 Å². The summed E-state index contributed by atoms with van der Waals surface area (Å²) in [6.07, 6.45) is 6.15. The Labute approximate surface area is 154 Å². The summed E-state index contributed by atoms with van der Waals surface area (Å²) in [7, 11) is 0. The van der Waals surface area contributed by atoms with Crippen LogP contribution in [0.3, 0.4) is 0 Å². The van der Waals surface area contributed by atoms with E-state index in [0.29, 0.717) is 37.7 Å². The lowest BCUT2D eigenvalue weighted by Crippen LogP contribution is -2.33. The lowest BCUT2D eigenvalue weighted by molar-refractivity contribution is -0.304. The highest BCUT2D eigenvalue weighted by atomic mass is 17.1. The quantitative estimate of drug-likeness (QED) is 0.192. The zero-order chi connectivity index (χ0) is 19.1. The number of ketones is 1. The number of ether oxygens (including phenoxy) is 2. The number of rotatable bonds is 1. The zero-order valence-electron chi connectivity index (χ0n) is 15.7. The lowest BCUT2D eigenvalue weighted by atomic mass is 9.82. The molecule has 0 radical (unpaired) electrons. The maximum atomic E-state index is 12.9. The molecule has 0 unspecified atom stereocenters. The first-order chi connectivity index (χ1) is 12.2. The minimum absolute atomic E-state index is 0.0572. The molecule has 1 N–H and O–H groups in total. The van der Waals surface area contributed by atoms with Crippen LogP contribution in [0, 0.1) is 11.8 Å². The first-order valence-electron chi connectivity index (χ1n) is 9.31. The number of carbonyl (C=O) groups excluding carboxylic acids is 2. The standard InChI is InChI=1S/C20H28O6/c1-12-7-5-8-19(3,26-23)9-6-10-20(4)15(25-20)11-14-13(2)18(22)24-17(14)16(12)21/h6,9,12,14-15,17,23H,2,5,7-8,10-11H2,1,3-4H3/b9-6-/t12-,14-,15-,17+,19-,20+/m0/s1. The van der Waals surface area contributed by atoms with Gasteiger partial charge >= 0.3 is 5.97 Å². The molecular formula is C20H28O6. The Bertz CT molecular complexity index is 640. The average Bonchev–Trinajstić information content (AvgIpc) is 3.15. The molecule has 6 heteroatoms. The van der Waals surface area contributed by atoms with Crippen LogP contribution in [-0.2, 0) is 24.0 Å². The first kappa shape index (κ1) is 19.3. The molecule has 0 aromatic rings. The van der Waals surface area contributed by atoms with Gasteiger partial charge in [0.25, 0.3) is 0 Å². The maximum Gasteiger partial charge on any atom is 0.334 e. The molecule has 3 aliphatic rings. The third-order valence-electron chi connectivity index (χ3n) is 6.09. The third kappa shape index (κ3) is 3.63. The van der Waals surface area contributed by atoms with Gasteiger partial charge in [-0.05, 0) is 46.0 Å². The van der Waals surface area contributed by atoms with Crippen molar-refractivity contribution < 1.29 is 29.2 Å². The van der Waals surface area contributed by atoms with E-state index in [4.69, 9.17) is 9.47 Å². The van der Waals surface area contributed by atoms with Crippen molar-refractivity contribution in [2.75, 3.05) is 0 Å². The average molecular weight is 364 g/mol. The number of esters is 1. The Morgan fingerprint density at radius 2 is 2.08 bits per heavy atom. The van der Waals surface area contributed by atoms with Crippen molar-refractivity contribution in [3.05, 3.63) is 24.3 Å². The molecule has 6 nitrogen and oxygen atoms in total. The fraction of sp³-hybridized carbons (Fsp3) is 0.700. The highest BCUT2D eigenvalue weighted by Gasteiger charge is 2.55. The molecule has 0 aromatic heterocycles. The molecule has 6 atom stereocenters. The zero-order valence-corrected chi connectivity index (χ0v) is 15.7. The van der Waals surface area contributed by atoms with Crippen LogP contribution in [-0.4, -0.2) is 40.4 Å². The van der Waals surface area contributed by atoms with Crippen molar-refractivity contribution in [1.82, 2.24) is 0 Å². The van der Waals surface area contributed by atoms with E-state index in [9.17, 15) is 14.8 Å². The Morgan fingerprint density at radius 1 is 1.35 bits per heavy atom. The minimum Gasteiger partial charge on any atom is -0.450 e. The van der Waals surface area contributed by atoms with Gasteiger partial charge in [-0.3, -0.25) is 10.1 Å². The molecule has 2 aliphatic heterocycles. The van der Waals surface area contributed by atoms with Gasteiger partial charge in [0, 0.05) is 17.4 Å². The van der Waals surface area contributed by atoms with Gasteiger partial charge in [-0.1, -0.05) is 25.7 Å². The van der Waals surface area contributed by atoms with Crippen LogP contribution < -0.4 is 0 Å². The van der Waals surface area contributed by atoms with Gasteiger partial charge in [0.15, 0.2) is 11.9 Å². The minimum atomic E-state index is -0.787. The van der Waals surface area contributed by atoms with Crippen molar-refractivity contribution in [2.24, 2.45) is 11.8 Å². The summed E-state index contributed by atoms with van der Waals surface area (Å²) in [6.45, 7) is 9.52. The van der Waals surface area contributed by atoms with E-state index >= 15 is 0 Å². The lowest BCUT2D eigenvalue weighted by Gasteiger charge is -2.24. The maximum absolute atomic E-state index is 12.9. The summed E-state index contributed by atoms with van der Waals surface area (Å²) in [5.41, 5.74) is -0.760. The van der Waals surface area contributed by atoms with Crippen molar-refractivity contribution >= 4 is 11.8 Å². The summed E-state index contributed by atoms with van der Waals surface area (Å²) >= 11 is 0. The number of fused-ring (bicyclic) bond motifs is 2. The second-order valence-corrected chi connectivity index (χ2v) is 8.32. The molecule has 2 heterocycles. The van der Waals surface area contributed by atoms with Gasteiger partial charge in [0.1, 0.15) is 5.60 Å². The second-order valence-electron chi connectivity index (χ2n) is 8.32. The largest absolute Gasteiger partial charge is 0.450 e. The predicted molar refractivity (Wildman–Crippen MR) is 94.3 cm³/mol. The molecule has 2 saturated heterocycles. The van der Waals surface area contributed by atoms with Crippen LogP contribution >= 0.6 is 0 Å². The van der Waals surface area contributed by atoms with Crippen molar-refractivity contribution in [2.45, 2.75) is 76.3 Å². The van der Waals surface area contributed by atoms with E-state index in [1.807, 2.05) is 32.9 Å². The topological polar surface area (TPSA) is 85.4 Å². The summed E-state index contributed by atoms with van der Waals surface area (Å²) in [4.78, 5) is 29.5. The van der Waals surface area contributed by atoms with Crippen LogP contribution in [0.4, 0.5) is 0 Å². The SMILES string of the molecule is C=C1C(=O)O[C@H]2C(=O)[C@@H](C)CCC[C@](C)(OO)/C=C\C[C@@]3(C)O[C@H]3C[C@@H]12. The van der Waals surface area contributed by atoms with Crippen LogP contribution in [0.1, 0.15) is 52.9 Å². The molecule has 3 rings (SSSR count). The van der Waals surface area contributed by atoms with E-state index in [2.05, 4.69) is 11.5 Å². The van der Waals surface area contributed by atoms with Crippen molar-refractivity contribution in [3.8, 4) is 0 Å². The second kappa shape index (κ2) is 6.91. The molecule has 0 spiro atoms. The van der Waals surface area contributed by atoms with E-state index in [0.717, 1.165) is 0 Å². The number of carbonyl (C=O) groups is 2. The molecule has 0 amide bonds. The fourth-order valence-electron chi connectivity index (χ4n) is 4.01. The summed E-state index contributed by atoms with van der Waals surface area (Å²) < 4.78 is 11.2. The number of epoxide rings is 1. The molecule has 2 fully saturated rings. The molecule has 0 bridgehead atoms. The molecule has 0 saturated carbocycles. The summed E-state index contributed by atoms with van der Waals surface area (Å²) in [6, 6.07) is 0. The highest BCUT2D eigenvalue weighted by Crippen LogP contribution is 2.47. The first-order valence-corrected chi connectivity index (χ1v) is 9.31. The molecular weight excluding hydrogens is 336 g/mol. The molecule has 0 aromatic carbocycles. The summed E-state index contributed by atoms with van der Waals surface area (Å²) in [5.74, 6) is -1.11. The molecule has 26 heavy (non-hydrogen) atoms. The Hall–Kier alpha value is -1.50. The Balaban J connectivity index is 1.84. The van der Waals surface area contributed by atoms with E-state index in [1.165, 1.54) is 0 Å². The third-order valence-corrected chi connectivity index (χ3v) is 6.09.